The van der Waals surface area contributed by atoms with Gasteiger partial charge in [-0.05, 0) is 12.3 Å². The molecule has 4 N–H and O–H groups in total. The van der Waals surface area contributed by atoms with Crippen LogP contribution in [0.1, 0.15) is 13.3 Å². The van der Waals surface area contributed by atoms with Gasteiger partial charge in [0.15, 0.2) is 0 Å². The Morgan fingerprint density at radius 3 is 2.00 bits per heavy atom. The third-order valence-corrected chi connectivity index (χ3v) is 2.29. The Bertz CT molecular complexity index is 124. The van der Waals surface area contributed by atoms with E-state index >= 15 is 0 Å². The largest absolute Gasteiger partial charge is 0.390 e. The second-order valence-electron chi connectivity index (χ2n) is 3.25. The molecule has 1 fully saturated rings. The van der Waals surface area contributed by atoms with Gasteiger partial charge < -0.3 is 20.4 Å². The zero-order valence-corrected chi connectivity index (χ0v) is 6.38. The van der Waals surface area contributed by atoms with Gasteiger partial charge in [-0.1, -0.05) is 6.92 Å². The number of hydrogen-bond acceptors (Lipinski definition) is 4. The molecule has 1 unspecified atom stereocenters. The summed E-state index contributed by atoms with van der Waals surface area (Å²) in [5, 5.41) is 36.5. The first-order chi connectivity index (χ1) is 5.04. The van der Waals surface area contributed by atoms with E-state index in [2.05, 4.69) is 0 Å². The van der Waals surface area contributed by atoms with Gasteiger partial charge in [0, 0.05) is 0 Å². The second kappa shape index (κ2) is 3.06. The highest BCUT2D eigenvalue weighted by molar-refractivity contribution is 4.90. The van der Waals surface area contributed by atoms with Crippen molar-refractivity contribution in [2.24, 2.45) is 5.92 Å². The van der Waals surface area contributed by atoms with Crippen molar-refractivity contribution in [2.75, 3.05) is 0 Å². The molecule has 4 heteroatoms. The summed E-state index contributed by atoms with van der Waals surface area (Å²) in [5.74, 6) is -0.164. The number of rotatable bonds is 0. The van der Waals surface area contributed by atoms with E-state index in [4.69, 9.17) is 15.3 Å². The molecule has 1 aliphatic rings. The molecule has 0 bridgehead atoms. The molecule has 66 valence electrons. The highest BCUT2D eigenvalue weighted by Gasteiger charge is 2.39. The Hall–Kier alpha value is -0.160. The molecule has 0 aromatic heterocycles. The predicted octanol–water partition coefficient (Wildman–Crippen LogP) is -1.53. The zero-order chi connectivity index (χ0) is 8.59. The lowest BCUT2D eigenvalue weighted by atomic mass is 9.82. The summed E-state index contributed by atoms with van der Waals surface area (Å²) >= 11 is 0. The second-order valence-corrected chi connectivity index (χ2v) is 3.25. The number of aliphatic hydroxyl groups is 4. The average molecular weight is 162 g/mol. The van der Waals surface area contributed by atoms with Crippen LogP contribution in [0.25, 0.3) is 0 Å². The SMILES string of the molecule is C[C@@H]1CC(O)[C@H](O)[C@@H](O)[C@H]1O. The molecule has 0 aromatic carbocycles. The van der Waals surface area contributed by atoms with E-state index in [0.717, 1.165) is 0 Å². The van der Waals surface area contributed by atoms with Gasteiger partial charge in [-0.15, -0.1) is 0 Å². The maximum absolute atomic E-state index is 9.21. The molecule has 0 aliphatic heterocycles. The van der Waals surface area contributed by atoms with Crippen molar-refractivity contribution in [1.29, 1.82) is 0 Å². The van der Waals surface area contributed by atoms with Crippen molar-refractivity contribution < 1.29 is 20.4 Å². The van der Waals surface area contributed by atoms with E-state index in [1.165, 1.54) is 0 Å². The smallest absolute Gasteiger partial charge is 0.108 e. The first-order valence-electron chi connectivity index (χ1n) is 3.76. The fraction of sp³-hybridized carbons (Fsp3) is 1.00. The Morgan fingerprint density at radius 2 is 1.45 bits per heavy atom. The van der Waals surface area contributed by atoms with E-state index < -0.39 is 24.4 Å². The van der Waals surface area contributed by atoms with Crippen LogP contribution < -0.4 is 0 Å². The molecule has 0 radical (unpaired) electrons. The first kappa shape index (κ1) is 8.93. The zero-order valence-electron chi connectivity index (χ0n) is 6.38. The van der Waals surface area contributed by atoms with Crippen LogP contribution in [0, 0.1) is 5.92 Å². The van der Waals surface area contributed by atoms with E-state index in [9.17, 15) is 5.11 Å². The van der Waals surface area contributed by atoms with Gasteiger partial charge in [0.2, 0.25) is 0 Å². The Morgan fingerprint density at radius 1 is 0.909 bits per heavy atom. The molecule has 5 atom stereocenters. The minimum absolute atomic E-state index is 0.164. The van der Waals surface area contributed by atoms with Crippen LogP contribution in [-0.4, -0.2) is 44.8 Å². The summed E-state index contributed by atoms with van der Waals surface area (Å²) in [6.07, 6.45) is -3.92. The molecular formula is C7H14O4. The lowest BCUT2D eigenvalue weighted by molar-refractivity contribution is -0.154. The molecule has 0 saturated heterocycles. The van der Waals surface area contributed by atoms with Crippen LogP contribution in [-0.2, 0) is 0 Å². The summed E-state index contributed by atoms with van der Waals surface area (Å²) in [6.45, 7) is 1.73. The molecule has 1 aliphatic carbocycles. The van der Waals surface area contributed by atoms with Crippen LogP contribution in [0.15, 0.2) is 0 Å². The highest BCUT2D eigenvalue weighted by atomic mass is 16.4. The van der Waals surface area contributed by atoms with Crippen molar-refractivity contribution in [1.82, 2.24) is 0 Å². The van der Waals surface area contributed by atoms with Crippen LogP contribution in [0.4, 0.5) is 0 Å². The minimum Gasteiger partial charge on any atom is -0.390 e. The fourth-order valence-corrected chi connectivity index (χ4v) is 1.43. The molecule has 0 aromatic rings. The van der Waals surface area contributed by atoms with Crippen LogP contribution in [0.5, 0.6) is 0 Å². The molecule has 11 heavy (non-hydrogen) atoms. The Labute approximate surface area is 65.1 Å². The highest BCUT2D eigenvalue weighted by Crippen LogP contribution is 2.24. The first-order valence-corrected chi connectivity index (χ1v) is 3.76. The van der Waals surface area contributed by atoms with E-state index in [0.29, 0.717) is 6.42 Å². The van der Waals surface area contributed by atoms with Crippen LogP contribution >= 0.6 is 0 Å². The Balaban J connectivity index is 2.63. The normalized spacial score (nSPS) is 52.6. The van der Waals surface area contributed by atoms with Gasteiger partial charge in [-0.25, -0.2) is 0 Å². The molecule has 1 rings (SSSR count). The molecule has 0 amide bonds. The van der Waals surface area contributed by atoms with Crippen LogP contribution in [0.3, 0.4) is 0 Å². The van der Waals surface area contributed by atoms with Crippen LogP contribution in [0.2, 0.25) is 0 Å². The molecule has 4 nitrogen and oxygen atoms in total. The van der Waals surface area contributed by atoms with Gasteiger partial charge in [-0.3, -0.25) is 0 Å². The lowest BCUT2D eigenvalue weighted by Crippen LogP contribution is -2.52. The van der Waals surface area contributed by atoms with E-state index in [-0.39, 0.29) is 5.92 Å². The number of aliphatic hydroxyl groups excluding tert-OH is 4. The number of hydrogen-bond donors (Lipinski definition) is 4. The average Bonchev–Trinajstić information content (AvgIpc) is 1.97. The van der Waals surface area contributed by atoms with E-state index in [1.807, 2.05) is 0 Å². The van der Waals surface area contributed by atoms with E-state index in [1.54, 1.807) is 6.92 Å². The van der Waals surface area contributed by atoms with Gasteiger partial charge >= 0.3 is 0 Å². The molecular weight excluding hydrogens is 148 g/mol. The molecule has 0 spiro atoms. The quantitative estimate of drug-likeness (QED) is 0.348. The van der Waals surface area contributed by atoms with Crippen molar-refractivity contribution in [3.8, 4) is 0 Å². The van der Waals surface area contributed by atoms with Crippen molar-refractivity contribution >= 4 is 0 Å². The summed E-state index contributed by atoms with van der Waals surface area (Å²) in [7, 11) is 0. The standard InChI is InChI=1S/C7H14O4/c1-3-2-4(8)6(10)7(11)5(3)9/h3-11H,2H2,1H3/t3-,4?,5+,6+,7+/m1/s1. The topological polar surface area (TPSA) is 80.9 Å². The van der Waals surface area contributed by atoms with Gasteiger partial charge in [0.1, 0.15) is 12.2 Å². The summed E-state index contributed by atoms with van der Waals surface area (Å²) in [4.78, 5) is 0. The third kappa shape index (κ3) is 1.54. The third-order valence-electron chi connectivity index (χ3n) is 2.29. The minimum atomic E-state index is -1.21. The van der Waals surface area contributed by atoms with Gasteiger partial charge in [0.25, 0.3) is 0 Å². The monoisotopic (exact) mass is 162 g/mol. The van der Waals surface area contributed by atoms with Crippen molar-refractivity contribution in [3.63, 3.8) is 0 Å². The molecule has 1 saturated carbocycles. The maximum Gasteiger partial charge on any atom is 0.108 e. The fourth-order valence-electron chi connectivity index (χ4n) is 1.43. The Kier molecular flexibility index (Phi) is 2.49. The summed E-state index contributed by atoms with van der Waals surface area (Å²) < 4.78 is 0. The summed E-state index contributed by atoms with van der Waals surface area (Å²) in [5.41, 5.74) is 0. The maximum atomic E-state index is 9.21. The summed E-state index contributed by atoms with van der Waals surface area (Å²) in [6, 6.07) is 0. The molecule has 0 heterocycles. The van der Waals surface area contributed by atoms with Crippen molar-refractivity contribution in [2.45, 2.75) is 37.8 Å². The van der Waals surface area contributed by atoms with Gasteiger partial charge in [-0.2, -0.15) is 0 Å². The lowest BCUT2D eigenvalue weighted by Gasteiger charge is -2.36. The predicted molar refractivity (Wildman–Crippen MR) is 37.8 cm³/mol. The van der Waals surface area contributed by atoms with Gasteiger partial charge in [0.05, 0.1) is 12.2 Å². The van der Waals surface area contributed by atoms with Crippen molar-refractivity contribution in [3.05, 3.63) is 0 Å².